The third kappa shape index (κ3) is 4.08. The summed E-state index contributed by atoms with van der Waals surface area (Å²) in [4.78, 5) is 22.4. The van der Waals surface area contributed by atoms with Crippen LogP contribution in [0, 0.1) is 0 Å². The summed E-state index contributed by atoms with van der Waals surface area (Å²) in [6.45, 7) is 0.610. The average Bonchev–Trinajstić information content (AvgIpc) is 2.92. The normalized spacial score (nSPS) is 12.8. The Bertz CT molecular complexity index is 496. The van der Waals surface area contributed by atoms with Gasteiger partial charge in [-0.2, -0.15) is 0 Å². The van der Waals surface area contributed by atoms with E-state index in [2.05, 4.69) is 28.3 Å². The highest BCUT2D eigenvalue weighted by Crippen LogP contribution is 2.22. The first kappa shape index (κ1) is 14.6. The largest absolute Gasteiger partial charge is 0.469 e. The smallest absolute Gasteiger partial charge is 0.306 e. The molecule has 1 amide bonds. The van der Waals surface area contributed by atoms with Crippen molar-refractivity contribution in [3.8, 4) is 0 Å². The second-order valence-electron chi connectivity index (χ2n) is 5.13. The van der Waals surface area contributed by atoms with Crippen molar-refractivity contribution >= 4 is 11.9 Å². The van der Waals surface area contributed by atoms with Crippen molar-refractivity contribution in [1.82, 2.24) is 5.32 Å². The fraction of sp³-hybridized carbons (Fsp3) is 0.500. The number of fused-ring (bicyclic) bond motifs is 1. The number of benzene rings is 1. The summed E-state index contributed by atoms with van der Waals surface area (Å²) < 4.78 is 4.50. The van der Waals surface area contributed by atoms with Gasteiger partial charge in [0.15, 0.2) is 0 Å². The first-order chi connectivity index (χ1) is 9.69. The van der Waals surface area contributed by atoms with Crippen LogP contribution in [-0.2, 0) is 33.6 Å². The summed E-state index contributed by atoms with van der Waals surface area (Å²) in [5.74, 6) is -0.449. The van der Waals surface area contributed by atoms with Crippen molar-refractivity contribution in [2.45, 2.75) is 38.5 Å². The number of amides is 1. The molecule has 0 spiro atoms. The third-order valence-corrected chi connectivity index (χ3v) is 3.68. The Morgan fingerprint density at radius 3 is 2.80 bits per heavy atom. The van der Waals surface area contributed by atoms with Gasteiger partial charge in [-0.1, -0.05) is 18.2 Å². The standard InChI is InChI=1S/C16H21NO3/c1-20-16(19)8-7-15(18)17-10-9-12-5-6-13-3-2-4-14(13)11-12/h5-6,11H,2-4,7-10H2,1H3,(H,17,18). The van der Waals surface area contributed by atoms with E-state index in [9.17, 15) is 9.59 Å². The van der Waals surface area contributed by atoms with Crippen LogP contribution in [0.4, 0.5) is 0 Å². The molecule has 0 radical (unpaired) electrons. The van der Waals surface area contributed by atoms with Crippen molar-refractivity contribution in [1.29, 1.82) is 0 Å². The van der Waals surface area contributed by atoms with Crippen molar-refractivity contribution in [2.75, 3.05) is 13.7 Å². The Labute approximate surface area is 119 Å². The number of aryl methyl sites for hydroxylation is 2. The summed E-state index contributed by atoms with van der Waals surface area (Å²) in [5, 5.41) is 2.83. The highest BCUT2D eigenvalue weighted by atomic mass is 16.5. The van der Waals surface area contributed by atoms with Gasteiger partial charge in [-0.3, -0.25) is 9.59 Å². The zero-order valence-corrected chi connectivity index (χ0v) is 11.9. The molecule has 0 saturated heterocycles. The third-order valence-electron chi connectivity index (χ3n) is 3.68. The number of hydrogen-bond donors (Lipinski definition) is 1. The van der Waals surface area contributed by atoms with Crippen LogP contribution >= 0.6 is 0 Å². The van der Waals surface area contributed by atoms with Gasteiger partial charge in [-0.05, 0) is 42.4 Å². The maximum Gasteiger partial charge on any atom is 0.306 e. The number of nitrogens with one attached hydrogen (secondary N) is 1. The van der Waals surface area contributed by atoms with E-state index >= 15 is 0 Å². The molecule has 20 heavy (non-hydrogen) atoms. The molecule has 1 N–H and O–H groups in total. The van der Waals surface area contributed by atoms with Crippen molar-refractivity contribution in [2.24, 2.45) is 0 Å². The minimum Gasteiger partial charge on any atom is -0.469 e. The predicted molar refractivity (Wildman–Crippen MR) is 76.4 cm³/mol. The van der Waals surface area contributed by atoms with Crippen LogP contribution in [-0.4, -0.2) is 25.5 Å². The fourth-order valence-corrected chi connectivity index (χ4v) is 2.53. The highest BCUT2D eigenvalue weighted by molar-refractivity contribution is 5.81. The number of rotatable bonds is 6. The molecule has 0 heterocycles. The van der Waals surface area contributed by atoms with Gasteiger partial charge in [0.2, 0.25) is 5.91 Å². The van der Waals surface area contributed by atoms with Crippen LogP contribution < -0.4 is 5.32 Å². The molecule has 0 fully saturated rings. The molecular formula is C16H21NO3. The number of esters is 1. The van der Waals surface area contributed by atoms with Gasteiger partial charge >= 0.3 is 5.97 Å². The number of carbonyl (C=O) groups is 2. The minimum absolute atomic E-state index is 0.100. The molecule has 0 aliphatic heterocycles. The second-order valence-corrected chi connectivity index (χ2v) is 5.13. The lowest BCUT2D eigenvalue weighted by molar-refractivity contribution is -0.142. The Balaban J connectivity index is 1.70. The fourth-order valence-electron chi connectivity index (χ4n) is 2.53. The molecule has 0 aromatic heterocycles. The Morgan fingerprint density at radius 2 is 2.00 bits per heavy atom. The van der Waals surface area contributed by atoms with Crippen LogP contribution in [0.3, 0.4) is 0 Å². The monoisotopic (exact) mass is 275 g/mol. The van der Waals surface area contributed by atoms with E-state index in [1.54, 1.807) is 0 Å². The van der Waals surface area contributed by atoms with Crippen LogP contribution in [0.1, 0.15) is 36.0 Å². The van der Waals surface area contributed by atoms with Crippen molar-refractivity contribution in [3.05, 3.63) is 34.9 Å². The van der Waals surface area contributed by atoms with Gasteiger partial charge < -0.3 is 10.1 Å². The van der Waals surface area contributed by atoms with E-state index in [-0.39, 0.29) is 24.7 Å². The number of ether oxygens (including phenoxy) is 1. The molecule has 1 aromatic carbocycles. The van der Waals surface area contributed by atoms with E-state index in [4.69, 9.17) is 0 Å². The topological polar surface area (TPSA) is 55.4 Å². The van der Waals surface area contributed by atoms with Crippen molar-refractivity contribution < 1.29 is 14.3 Å². The Morgan fingerprint density at radius 1 is 1.20 bits per heavy atom. The maximum absolute atomic E-state index is 11.5. The zero-order chi connectivity index (χ0) is 14.4. The summed E-state index contributed by atoms with van der Waals surface area (Å²) in [6, 6.07) is 6.60. The molecule has 1 aliphatic rings. The van der Waals surface area contributed by atoms with Crippen molar-refractivity contribution in [3.63, 3.8) is 0 Å². The lowest BCUT2D eigenvalue weighted by atomic mass is 10.0. The van der Waals surface area contributed by atoms with Crippen LogP contribution in [0.25, 0.3) is 0 Å². The van der Waals surface area contributed by atoms with E-state index in [0.717, 1.165) is 6.42 Å². The lowest BCUT2D eigenvalue weighted by Gasteiger charge is -2.07. The van der Waals surface area contributed by atoms with Crippen LogP contribution in [0.15, 0.2) is 18.2 Å². The first-order valence-corrected chi connectivity index (χ1v) is 7.13. The lowest BCUT2D eigenvalue weighted by Crippen LogP contribution is -2.26. The van der Waals surface area contributed by atoms with Gasteiger partial charge in [-0.15, -0.1) is 0 Å². The van der Waals surface area contributed by atoms with E-state index in [1.165, 1.54) is 43.1 Å². The van der Waals surface area contributed by atoms with Gasteiger partial charge in [0.25, 0.3) is 0 Å². The molecular weight excluding hydrogens is 254 g/mol. The summed E-state index contributed by atoms with van der Waals surface area (Å²) in [7, 11) is 1.33. The highest BCUT2D eigenvalue weighted by Gasteiger charge is 2.11. The van der Waals surface area contributed by atoms with Gasteiger partial charge in [0, 0.05) is 13.0 Å². The van der Waals surface area contributed by atoms with Gasteiger partial charge in [0.1, 0.15) is 0 Å². The summed E-state index contributed by atoms with van der Waals surface area (Å²) in [5.41, 5.74) is 4.19. The van der Waals surface area contributed by atoms with Gasteiger partial charge in [-0.25, -0.2) is 0 Å². The minimum atomic E-state index is -0.348. The first-order valence-electron chi connectivity index (χ1n) is 7.13. The molecule has 1 aromatic rings. The molecule has 0 bridgehead atoms. The molecule has 108 valence electrons. The second kappa shape index (κ2) is 7.08. The zero-order valence-electron chi connectivity index (χ0n) is 11.9. The Hall–Kier alpha value is -1.84. The molecule has 2 rings (SSSR count). The molecule has 0 saturated carbocycles. The quantitative estimate of drug-likeness (QED) is 0.805. The number of carbonyl (C=O) groups excluding carboxylic acids is 2. The van der Waals surface area contributed by atoms with Gasteiger partial charge in [0.05, 0.1) is 13.5 Å². The summed E-state index contributed by atoms with van der Waals surface area (Å²) >= 11 is 0. The number of methoxy groups -OCH3 is 1. The van der Waals surface area contributed by atoms with E-state index in [0.29, 0.717) is 6.54 Å². The predicted octanol–water partition coefficient (Wildman–Crippen LogP) is 1.79. The molecule has 0 atom stereocenters. The van der Waals surface area contributed by atoms with E-state index in [1.807, 2.05) is 0 Å². The number of hydrogen-bond acceptors (Lipinski definition) is 3. The molecule has 4 nitrogen and oxygen atoms in total. The van der Waals surface area contributed by atoms with Crippen LogP contribution in [0.2, 0.25) is 0 Å². The molecule has 0 unspecified atom stereocenters. The Kier molecular flexibility index (Phi) is 5.16. The maximum atomic E-state index is 11.5. The van der Waals surface area contributed by atoms with Crippen LogP contribution in [0.5, 0.6) is 0 Å². The van der Waals surface area contributed by atoms with E-state index < -0.39 is 0 Å². The summed E-state index contributed by atoms with van der Waals surface area (Å²) in [6.07, 6.45) is 4.78. The molecule has 4 heteroatoms. The molecule has 1 aliphatic carbocycles. The average molecular weight is 275 g/mol. The SMILES string of the molecule is COC(=O)CCC(=O)NCCc1ccc2c(c1)CCC2.